The summed E-state index contributed by atoms with van der Waals surface area (Å²) < 4.78 is 0. The smallest absolute Gasteiger partial charge is 0.223 e. The first-order valence-electron chi connectivity index (χ1n) is 5.27. The summed E-state index contributed by atoms with van der Waals surface area (Å²) in [7, 11) is 0. The Labute approximate surface area is 115 Å². The molecule has 0 aliphatic heterocycles. The molecule has 1 heterocycles. The molecule has 6 heteroatoms. The lowest BCUT2D eigenvalue weighted by molar-refractivity contribution is 1.05. The number of hydrogen-bond donors (Lipinski definition) is 2. The van der Waals surface area contributed by atoms with Gasteiger partial charge in [-0.1, -0.05) is 42.0 Å². The molecule has 2 rings (SSSR count). The van der Waals surface area contributed by atoms with Crippen LogP contribution in [-0.4, -0.2) is 15.0 Å². The summed E-state index contributed by atoms with van der Waals surface area (Å²) in [4.78, 5) is 8.52. The van der Waals surface area contributed by atoms with Crippen molar-refractivity contribution < 1.29 is 0 Å². The van der Waals surface area contributed by atoms with E-state index in [-0.39, 0.29) is 4.99 Å². The highest BCUT2D eigenvalue weighted by Crippen LogP contribution is 2.15. The highest BCUT2D eigenvalue weighted by Gasteiger charge is 2.03. The fourth-order valence-corrected chi connectivity index (χ4v) is 1.71. The molecule has 0 atom stereocenters. The zero-order valence-electron chi connectivity index (χ0n) is 9.43. The van der Waals surface area contributed by atoms with Gasteiger partial charge in [-0.15, -0.1) is 0 Å². The molecule has 1 aromatic carbocycles. The second-order valence-electron chi connectivity index (χ2n) is 3.57. The molecule has 0 saturated carbocycles. The Bertz CT molecular complexity index is 574. The Kier molecular flexibility index (Phi) is 4.07. The van der Waals surface area contributed by atoms with Crippen molar-refractivity contribution in [2.75, 3.05) is 5.32 Å². The molecular weight excluding hydrogens is 268 g/mol. The molecule has 0 bridgehead atoms. The maximum atomic E-state index is 6.05. The predicted octanol–water partition coefficient (Wildman–Crippen LogP) is 2.38. The molecule has 3 N–H and O–H groups in total. The Hall–Kier alpha value is -1.72. The van der Waals surface area contributed by atoms with Gasteiger partial charge in [0.1, 0.15) is 10.7 Å². The number of nitrogens with one attached hydrogen (secondary N) is 1. The second kappa shape index (κ2) is 5.75. The van der Waals surface area contributed by atoms with E-state index in [9.17, 15) is 0 Å². The third kappa shape index (κ3) is 3.15. The third-order valence-corrected chi connectivity index (χ3v) is 2.88. The minimum Gasteiger partial charge on any atom is -0.388 e. The van der Waals surface area contributed by atoms with Gasteiger partial charge in [0.2, 0.25) is 5.95 Å². The zero-order valence-corrected chi connectivity index (χ0v) is 11.0. The quantitative estimate of drug-likeness (QED) is 0.841. The van der Waals surface area contributed by atoms with Crippen LogP contribution >= 0.6 is 23.8 Å². The van der Waals surface area contributed by atoms with Gasteiger partial charge in [-0.3, -0.25) is 0 Å². The normalized spacial score (nSPS) is 10.1. The van der Waals surface area contributed by atoms with Crippen molar-refractivity contribution in [1.29, 1.82) is 0 Å². The highest BCUT2D eigenvalue weighted by molar-refractivity contribution is 7.80. The Morgan fingerprint density at radius 3 is 2.83 bits per heavy atom. The van der Waals surface area contributed by atoms with Crippen LogP contribution in [0.15, 0.2) is 36.5 Å². The number of benzene rings is 1. The molecule has 1 aromatic heterocycles. The van der Waals surface area contributed by atoms with Gasteiger partial charge >= 0.3 is 0 Å². The summed E-state index contributed by atoms with van der Waals surface area (Å²) in [6, 6.07) is 9.26. The van der Waals surface area contributed by atoms with Crippen molar-refractivity contribution in [2.45, 2.75) is 6.54 Å². The van der Waals surface area contributed by atoms with Gasteiger partial charge in [0.05, 0.1) is 0 Å². The van der Waals surface area contributed by atoms with Crippen LogP contribution in [-0.2, 0) is 6.54 Å². The largest absolute Gasteiger partial charge is 0.388 e. The molecule has 0 aliphatic rings. The number of anilines is 1. The van der Waals surface area contributed by atoms with Crippen LogP contribution in [0.1, 0.15) is 11.3 Å². The number of nitrogens with two attached hydrogens (primary N) is 1. The summed E-state index contributed by atoms with van der Waals surface area (Å²) in [6.07, 6.45) is 1.61. The van der Waals surface area contributed by atoms with Crippen molar-refractivity contribution in [3.05, 3.63) is 52.8 Å². The molecule has 2 aromatic rings. The van der Waals surface area contributed by atoms with Crippen molar-refractivity contribution in [2.24, 2.45) is 5.73 Å². The van der Waals surface area contributed by atoms with E-state index in [1.165, 1.54) is 0 Å². The number of hydrogen-bond acceptors (Lipinski definition) is 4. The van der Waals surface area contributed by atoms with Crippen molar-refractivity contribution in [3.8, 4) is 0 Å². The van der Waals surface area contributed by atoms with E-state index in [0.29, 0.717) is 23.2 Å². The van der Waals surface area contributed by atoms with Gasteiger partial charge in [0.15, 0.2) is 0 Å². The molecule has 0 radical (unpaired) electrons. The average molecular weight is 279 g/mol. The van der Waals surface area contributed by atoms with E-state index >= 15 is 0 Å². The van der Waals surface area contributed by atoms with Crippen LogP contribution < -0.4 is 11.1 Å². The van der Waals surface area contributed by atoms with E-state index in [2.05, 4.69) is 15.3 Å². The fourth-order valence-electron chi connectivity index (χ4n) is 1.40. The molecule has 0 aliphatic carbocycles. The molecule has 4 nitrogen and oxygen atoms in total. The van der Waals surface area contributed by atoms with Crippen molar-refractivity contribution in [3.63, 3.8) is 0 Å². The molecule has 0 unspecified atom stereocenters. The van der Waals surface area contributed by atoms with Crippen LogP contribution in [0.5, 0.6) is 0 Å². The van der Waals surface area contributed by atoms with Gasteiger partial charge in [-0.05, 0) is 17.7 Å². The molecule has 18 heavy (non-hydrogen) atoms. The Morgan fingerprint density at radius 2 is 2.11 bits per heavy atom. The maximum absolute atomic E-state index is 6.05. The summed E-state index contributed by atoms with van der Waals surface area (Å²) in [5.74, 6) is 0.472. The SMILES string of the molecule is NC(=S)c1ccnc(NCc2ccccc2Cl)n1. The van der Waals surface area contributed by atoms with Gasteiger partial charge in [0, 0.05) is 17.8 Å². The first-order valence-corrected chi connectivity index (χ1v) is 6.05. The van der Waals surface area contributed by atoms with E-state index in [4.69, 9.17) is 29.6 Å². The first kappa shape index (κ1) is 12.7. The molecule has 0 amide bonds. The lowest BCUT2D eigenvalue weighted by Crippen LogP contribution is -2.13. The third-order valence-electron chi connectivity index (χ3n) is 2.30. The second-order valence-corrected chi connectivity index (χ2v) is 4.42. The van der Waals surface area contributed by atoms with Gasteiger partial charge in [-0.2, -0.15) is 0 Å². The monoisotopic (exact) mass is 278 g/mol. The minimum atomic E-state index is 0.248. The molecular formula is C12H11ClN4S. The molecule has 0 saturated heterocycles. The molecule has 0 spiro atoms. The summed E-state index contributed by atoms with van der Waals surface area (Å²) >= 11 is 10.9. The lowest BCUT2D eigenvalue weighted by Gasteiger charge is -2.07. The van der Waals surface area contributed by atoms with E-state index < -0.39 is 0 Å². The van der Waals surface area contributed by atoms with Crippen LogP contribution in [0, 0.1) is 0 Å². The highest BCUT2D eigenvalue weighted by atomic mass is 35.5. The van der Waals surface area contributed by atoms with E-state index in [0.717, 1.165) is 5.56 Å². The minimum absolute atomic E-state index is 0.248. The summed E-state index contributed by atoms with van der Waals surface area (Å²) in [6.45, 7) is 0.542. The van der Waals surface area contributed by atoms with Crippen LogP contribution in [0.2, 0.25) is 5.02 Å². The number of halogens is 1. The topological polar surface area (TPSA) is 63.8 Å². The molecule has 0 fully saturated rings. The Morgan fingerprint density at radius 1 is 1.33 bits per heavy atom. The Balaban J connectivity index is 2.09. The summed E-state index contributed by atoms with van der Waals surface area (Å²) in [5.41, 5.74) is 7.02. The number of rotatable bonds is 4. The summed E-state index contributed by atoms with van der Waals surface area (Å²) in [5, 5.41) is 3.78. The standard InChI is InChI=1S/C12H11ClN4S/c13-9-4-2-1-3-8(9)7-16-12-15-6-5-10(17-12)11(14)18/h1-6H,7H2,(H2,14,18)(H,15,16,17). The maximum Gasteiger partial charge on any atom is 0.223 e. The lowest BCUT2D eigenvalue weighted by atomic mass is 10.2. The fraction of sp³-hybridized carbons (Fsp3) is 0.0833. The van der Waals surface area contributed by atoms with Gasteiger partial charge in [-0.25, -0.2) is 9.97 Å². The molecule has 92 valence electrons. The predicted molar refractivity (Wildman–Crippen MR) is 76.7 cm³/mol. The van der Waals surface area contributed by atoms with Crippen LogP contribution in [0.25, 0.3) is 0 Å². The van der Waals surface area contributed by atoms with Crippen LogP contribution in [0.3, 0.4) is 0 Å². The van der Waals surface area contributed by atoms with Crippen molar-refractivity contribution in [1.82, 2.24) is 9.97 Å². The average Bonchev–Trinajstić information content (AvgIpc) is 2.38. The van der Waals surface area contributed by atoms with E-state index in [1.807, 2.05) is 24.3 Å². The van der Waals surface area contributed by atoms with Gasteiger partial charge < -0.3 is 11.1 Å². The number of thiocarbonyl (C=S) groups is 1. The first-order chi connectivity index (χ1) is 8.66. The van der Waals surface area contributed by atoms with E-state index in [1.54, 1.807) is 12.3 Å². The van der Waals surface area contributed by atoms with Crippen molar-refractivity contribution >= 4 is 34.8 Å². The zero-order chi connectivity index (χ0) is 13.0. The number of aromatic nitrogens is 2. The van der Waals surface area contributed by atoms with Gasteiger partial charge in [0.25, 0.3) is 0 Å². The number of nitrogens with zero attached hydrogens (tertiary/aromatic N) is 2. The van der Waals surface area contributed by atoms with Crippen LogP contribution in [0.4, 0.5) is 5.95 Å².